The standard InChI is InChI=1S/C26H37ClF3NO4/c1-35-23(32)15-13-11-9-7-5-3-2-4-6-8-10-12-14-20-31(25(34)26(28,29)30)22-18-16-21(17-19-22)24(27)33/h16-19H,2-15,20H2,1H3. The number of methoxy groups -OCH3 is 1. The number of nitrogens with zero attached hydrogens (tertiary/aromatic N) is 1. The van der Waals surface area contributed by atoms with Gasteiger partial charge in [-0.15, -0.1) is 0 Å². The predicted octanol–water partition coefficient (Wildman–Crippen LogP) is 7.60. The molecule has 0 aliphatic rings. The number of amides is 1. The molecule has 198 valence electrons. The Morgan fingerprint density at radius 1 is 0.771 bits per heavy atom. The van der Waals surface area contributed by atoms with E-state index in [0.29, 0.717) is 12.8 Å². The van der Waals surface area contributed by atoms with Crippen LogP contribution in [0.1, 0.15) is 100 Å². The molecule has 0 N–H and O–H groups in total. The molecule has 0 unspecified atom stereocenters. The minimum Gasteiger partial charge on any atom is -0.469 e. The first-order chi connectivity index (χ1) is 16.7. The predicted molar refractivity (Wildman–Crippen MR) is 132 cm³/mol. The minimum atomic E-state index is -4.97. The van der Waals surface area contributed by atoms with Crippen LogP contribution in [0, 0.1) is 0 Å². The summed E-state index contributed by atoms with van der Waals surface area (Å²) >= 11 is 5.37. The third-order valence-corrected chi connectivity index (χ3v) is 6.10. The van der Waals surface area contributed by atoms with Crippen molar-refractivity contribution in [3.8, 4) is 0 Å². The highest BCUT2D eigenvalue weighted by Gasteiger charge is 2.42. The Labute approximate surface area is 211 Å². The normalized spacial score (nSPS) is 11.3. The van der Waals surface area contributed by atoms with E-state index >= 15 is 0 Å². The summed E-state index contributed by atoms with van der Waals surface area (Å²) in [4.78, 5) is 34.8. The molecule has 0 radical (unpaired) electrons. The molecule has 1 aromatic carbocycles. The van der Waals surface area contributed by atoms with Crippen molar-refractivity contribution in [3.05, 3.63) is 29.8 Å². The topological polar surface area (TPSA) is 63.7 Å². The molecule has 35 heavy (non-hydrogen) atoms. The van der Waals surface area contributed by atoms with Crippen LogP contribution < -0.4 is 4.90 Å². The number of carbonyl (C=O) groups excluding carboxylic acids is 3. The van der Waals surface area contributed by atoms with Crippen LogP contribution in [0.3, 0.4) is 0 Å². The van der Waals surface area contributed by atoms with Crippen LogP contribution in [0.5, 0.6) is 0 Å². The Morgan fingerprint density at radius 2 is 1.20 bits per heavy atom. The van der Waals surface area contributed by atoms with E-state index in [1.807, 2.05) is 0 Å². The number of halogens is 4. The number of hydrogen-bond donors (Lipinski definition) is 0. The summed E-state index contributed by atoms with van der Waals surface area (Å²) in [6.07, 6.45) is 8.74. The van der Waals surface area contributed by atoms with Gasteiger partial charge in [-0.2, -0.15) is 13.2 Å². The largest absolute Gasteiger partial charge is 0.471 e. The van der Waals surface area contributed by atoms with Crippen molar-refractivity contribution in [2.75, 3.05) is 18.6 Å². The lowest BCUT2D eigenvalue weighted by molar-refractivity contribution is -0.170. The van der Waals surface area contributed by atoms with Crippen molar-refractivity contribution < 1.29 is 32.3 Å². The first-order valence-corrected chi connectivity index (χ1v) is 12.8. The molecule has 1 rings (SSSR count). The van der Waals surface area contributed by atoms with Crippen molar-refractivity contribution >= 4 is 34.4 Å². The highest BCUT2D eigenvalue weighted by atomic mass is 35.5. The Bertz CT molecular complexity index is 769. The van der Waals surface area contributed by atoms with Gasteiger partial charge in [-0.1, -0.05) is 70.6 Å². The molecule has 1 aromatic rings. The SMILES string of the molecule is COC(=O)CCCCCCCCCCCCCCCN(C(=O)C(F)(F)F)c1ccc(C(=O)Cl)cc1. The fourth-order valence-corrected chi connectivity index (χ4v) is 3.99. The lowest BCUT2D eigenvalue weighted by Gasteiger charge is -2.24. The molecule has 0 aromatic heterocycles. The summed E-state index contributed by atoms with van der Waals surface area (Å²) in [7, 11) is 1.41. The van der Waals surface area contributed by atoms with Crippen LogP contribution >= 0.6 is 11.6 Å². The van der Waals surface area contributed by atoms with Gasteiger partial charge in [-0.3, -0.25) is 14.4 Å². The summed E-state index contributed by atoms with van der Waals surface area (Å²) in [5.74, 6) is -2.06. The van der Waals surface area contributed by atoms with Crippen molar-refractivity contribution in [3.63, 3.8) is 0 Å². The maximum atomic E-state index is 13.0. The summed E-state index contributed by atoms with van der Waals surface area (Å²) in [5, 5.41) is -0.710. The number of rotatable bonds is 18. The van der Waals surface area contributed by atoms with Gasteiger partial charge in [0, 0.05) is 24.2 Å². The molecule has 9 heteroatoms. The van der Waals surface area contributed by atoms with Gasteiger partial charge in [0.15, 0.2) is 0 Å². The molecule has 0 aliphatic carbocycles. The first kappa shape index (κ1) is 30.9. The van der Waals surface area contributed by atoms with Gasteiger partial charge in [0.1, 0.15) is 0 Å². The second-order valence-corrected chi connectivity index (χ2v) is 9.04. The molecular formula is C26H37ClF3NO4. The lowest BCUT2D eigenvalue weighted by atomic mass is 10.0. The molecule has 1 amide bonds. The maximum absolute atomic E-state index is 13.0. The van der Waals surface area contributed by atoms with E-state index in [1.165, 1.54) is 57.1 Å². The fraction of sp³-hybridized carbons (Fsp3) is 0.654. The van der Waals surface area contributed by atoms with Gasteiger partial charge in [0.25, 0.3) is 5.24 Å². The van der Waals surface area contributed by atoms with Gasteiger partial charge in [0.2, 0.25) is 0 Å². The number of alkyl halides is 3. The second-order valence-electron chi connectivity index (χ2n) is 8.70. The molecule has 0 bridgehead atoms. The molecule has 0 spiro atoms. The lowest BCUT2D eigenvalue weighted by Crippen LogP contribution is -2.41. The van der Waals surface area contributed by atoms with E-state index in [-0.39, 0.29) is 23.8 Å². The second kappa shape index (κ2) is 17.4. The molecule has 0 heterocycles. The van der Waals surface area contributed by atoms with Crippen LogP contribution in [0.15, 0.2) is 24.3 Å². The fourth-order valence-electron chi connectivity index (χ4n) is 3.86. The molecule has 0 saturated carbocycles. The van der Waals surface area contributed by atoms with Crippen molar-refractivity contribution in [1.29, 1.82) is 0 Å². The van der Waals surface area contributed by atoms with Crippen LogP contribution in [-0.4, -0.2) is 36.9 Å². The molecule has 0 aliphatic heterocycles. The van der Waals surface area contributed by atoms with Crippen LogP contribution in [0.2, 0.25) is 0 Å². The van der Waals surface area contributed by atoms with Gasteiger partial charge < -0.3 is 9.64 Å². The van der Waals surface area contributed by atoms with Crippen LogP contribution in [-0.2, 0) is 14.3 Å². The zero-order valence-electron chi connectivity index (χ0n) is 20.5. The number of unbranched alkanes of at least 4 members (excludes halogenated alkanes) is 12. The Hall–Kier alpha value is -2.09. The van der Waals surface area contributed by atoms with Gasteiger partial charge in [-0.25, -0.2) is 0 Å². The van der Waals surface area contributed by atoms with E-state index in [4.69, 9.17) is 11.6 Å². The van der Waals surface area contributed by atoms with Crippen molar-refractivity contribution in [1.82, 2.24) is 0 Å². The van der Waals surface area contributed by atoms with E-state index in [0.717, 1.165) is 56.3 Å². The summed E-state index contributed by atoms with van der Waals surface area (Å²) in [6, 6.07) is 5.24. The van der Waals surface area contributed by atoms with Crippen LogP contribution in [0.25, 0.3) is 0 Å². The number of hydrogen-bond acceptors (Lipinski definition) is 4. The maximum Gasteiger partial charge on any atom is 0.471 e. The molecular weight excluding hydrogens is 483 g/mol. The molecule has 5 nitrogen and oxygen atoms in total. The summed E-state index contributed by atoms with van der Waals surface area (Å²) < 4.78 is 43.7. The van der Waals surface area contributed by atoms with Crippen molar-refractivity contribution in [2.45, 2.75) is 96.1 Å². The van der Waals surface area contributed by atoms with E-state index in [2.05, 4.69) is 4.74 Å². The van der Waals surface area contributed by atoms with Gasteiger partial charge in [-0.05, 0) is 48.7 Å². The number of esters is 1. The van der Waals surface area contributed by atoms with Gasteiger partial charge >= 0.3 is 18.1 Å². The van der Waals surface area contributed by atoms with Crippen LogP contribution in [0.4, 0.5) is 18.9 Å². The highest BCUT2D eigenvalue weighted by Crippen LogP contribution is 2.25. The molecule has 0 saturated heterocycles. The summed E-state index contributed by atoms with van der Waals surface area (Å²) in [5.41, 5.74) is 0.253. The molecule has 0 fully saturated rings. The van der Waals surface area contributed by atoms with Gasteiger partial charge in [0.05, 0.1) is 7.11 Å². The number of benzene rings is 1. The first-order valence-electron chi connectivity index (χ1n) is 12.4. The zero-order valence-corrected chi connectivity index (χ0v) is 21.3. The number of ether oxygens (including phenoxy) is 1. The highest BCUT2D eigenvalue weighted by molar-refractivity contribution is 6.67. The molecule has 0 atom stereocenters. The average Bonchev–Trinajstić information content (AvgIpc) is 2.82. The number of anilines is 1. The third kappa shape index (κ3) is 13.5. The smallest absolute Gasteiger partial charge is 0.469 e. The van der Waals surface area contributed by atoms with E-state index in [1.54, 1.807) is 0 Å². The van der Waals surface area contributed by atoms with E-state index < -0.39 is 17.3 Å². The van der Waals surface area contributed by atoms with Crippen molar-refractivity contribution in [2.24, 2.45) is 0 Å². The average molecular weight is 520 g/mol. The summed E-state index contributed by atoms with van der Waals surface area (Å²) in [6.45, 7) is -0.0356. The number of carbonyl (C=O) groups is 3. The third-order valence-electron chi connectivity index (χ3n) is 5.88. The Kier molecular flexibility index (Phi) is 15.3. The quantitative estimate of drug-likeness (QED) is 0.114. The Morgan fingerprint density at radius 3 is 1.60 bits per heavy atom. The minimum absolute atomic E-state index is 0.0356. The zero-order chi connectivity index (χ0) is 26.1. The monoisotopic (exact) mass is 519 g/mol. The Balaban J connectivity index is 2.18. The van der Waals surface area contributed by atoms with E-state index in [9.17, 15) is 27.6 Å².